The second kappa shape index (κ2) is 50.6. The van der Waals surface area contributed by atoms with E-state index in [0.717, 1.165) is 103 Å². The first-order valence-corrected chi connectivity index (χ1v) is 27.6. The molecule has 0 fully saturated rings. The fraction of sp³-hybridized carbons (Fsp3) is 0.709. The van der Waals surface area contributed by atoms with Gasteiger partial charge in [-0.1, -0.05) is 208 Å². The molecule has 10 heteroatoms. The number of allylic oxidation sites excluding steroid dienone is 14. The number of rotatable bonds is 48. The molecule has 2 atom stereocenters. The smallest absolute Gasteiger partial charge is 0.462 e. The van der Waals surface area contributed by atoms with Gasteiger partial charge in [0.1, 0.15) is 6.61 Å². The Morgan fingerprint density at radius 2 is 0.846 bits per heavy atom. The summed E-state index contributed by atoms with van der Waals surface area (Å²) in [5, 5.41) is 0. The molecule has 0 aromatic heterocycles. The van der Waals surface area contributed by atoms with Crippen LogP contribution in [0.25, 0.3) is 0 Å². The first-order valence-electron chi connectivity index (χ1n) is 26.1. The van der Waals surface area contributed by atoms with Crippen molar-refractivity contribution in [2.75, 3.05) is 26.4 Å². The molecule has 65 heavy (non-hydrogen) atoms. The molecule has 9 nitrogen and oxygen atoms in total. The number of esters is 2. The number of phosphoric acid groups is 1. The zero-order valence-corrected chi connectivity index (χ0v) is 42.3. The van der Waals surface area contributed by atoms with E-state index in [1.54, 1.807) is 0 Å². The Hall–Kier alpha value is -2.81. The molecule has 0 aromatic rings. The van der Waals surface area contributed by atoms with Crippen LogP contribution in [-0.2, 0) is 32.7 Å². The van der Waals surface area contributed by atoms with E-state index >= 15 is 0 Å². The Morgan fingerprint density at radius 1 is 0.477 bits per heavy atom. The van der Waals surface area contributed by atoms with Gasteiger partial charge < -0.3 is 20.1 Å². The third-order valence-corrected chi connectivity index (χ3v) is 11.7. The molecule has 0 aromatic carbocycles. The maximum atomic E-state index is 12.6. The number of unbranched alkanes of at least 4 members (excludes halogenated alkanes) is 21. The second-order valence-electron chi connectivity index (χ2n) is 17.0. The Labute approximate surface area is 398 Å². The third kappa shape index (κ3) is 50.4. The lowest BCUT2D eigenvalue weighted by Gasteiger charge is -2.19. The summed E-state index contributed by atoms with van der Waals surface area (Å²) in [7, 11) is -4.38. The van der Waals surface area contributed by atoms with Crippen molar-refractivity contribution >= 4 is 19.8 Å². The number of phosphoric ester groups is 1. The number of nitrogens with two attached hydrogens (primary N) is 1. The standard InChI is InChI=1S/C55H96NO8P/c1-3-5-7-9-11-13-15-16-17-18-19-20-21-22-23-24-25-26-27-28-29-30-31-32-33-34-35-36-38-40-42-44-46-48-55(58)64-53(52-63-65(59,60)62-50-49-56)51-61-54(57)47-45-43-41-39-37-14-12-10-8-6-4-2/h5,7,10-13,16-17,19-20,22-23,25-26,53H,3-4,6,8-9,14-15,18,21,24,27-52,56H2,1-2H3,(H,59,60)/b7-5-,12-10-,13-11-,17-16-,20-19-,23-22-,26-25-. The van der Waals surface area contributed by atoms with E-state index in [4.69, 9.17) is 24.3 Å². The zero-order chi connectivity index (χ0) is 47.4. The summed E-state index contributed by atoms with van der Waals surface area (Å²) in [6.07, 6.45) is 65.0. The van der Waals surface area contributed by atoms with Crippen LogP contribution in [0, 0.1) is 0 Å². The lowest BCUT2D eigenvalue weighted by molar-refractivity contribution is -0.161. The van der Waals surface area contributed by atoms with E-state index < -0.39 is 32.5 Å². The normalized spacial score (nSPS) is 13.8. The summed E-state index contributed by atoms with van der Waals surface area (Å²) in [5.41, 5.74) is 5.36. The molecule has 0 radical (unpaired) electrons. The molecule has 0 rings (SSSR count). The third-order valence-electron chi connectivity index (χ3n) is 10.8. The van der Waals surface area contributed by atoms with Crippen LogP contribution in [0.2, 0.25) is 0 Å². The average Bonchev–Trinajstić information content (AvgIpc) is 3.30. The maximum Gasteiger partial charge on any atom is 0.472 e. The Kier molecular flexibility index (Phi) is 48.4. The minimum Gasteiger partial charge on any atom is -0.462 e. The summed E-state index contributed by atoms with van der Waals surface area (Å²) < 4.78 is 32.8. The Morgan fingerprint density at radius 3 is 1.28 bits per heavy atom. The number of hydrogen-bond donors (Lipinski definition) is 2. The highest BCUT2D eigenvalue weighted by Crippen LogP contribution is 2.43. The SMILES string of the molecule is CC/C=C\C/C=C\C/C=C\C/C=C\C/C=C\C/C=C\CCCCCCCCCCCCCCCCC(=O)OC(COC(=O)CCCCCCC/C=C\CCCC)COP(=O)(O)OCCN. The highest BCUT2D eigenvalue weighted by atomic mass is 31.2. The minimum atomic E-state index is -4.38. The van der Waals surface area contributed by atoms with Crippen LogP contribution in [0.4, 0.5) is 0 Å². The number of hydrogen-bond acceptors (Lipinski definition) is 8. The highest BCUT2D eigenvalue weighted by molar-refractivity contribution is 7.47. The summed E-state index contributed by atoms with van der Waals surface area (Å²) in [5.74, 6) is -0.842. The van der Waals surface area contributed by atoms with Gasteiger partial charge >= 0.3 is 19.8 Å². The molecule has 374 valence electrons. The second-order valence-corrected chi connectivity index (χ2v) is 18.5. The number of carbonyl (C=O) groups excluding carboxylic acids is 2. The van der Waals surface area contributed by atoms with Crippen molar-refractivity contribution < 1.29 is 37.6 Å². The number of ether oxygens (including phenoxy) is 2. The van der Waals surface area contributed by atoms with Crippen LogP contribution >= 0.6 is 7.82 Å². The van der Waals surface area contributed by atoms with E-state index in [1.807, 2.05) is 0 Å². The predicted molar refractivity (Wildman–Crippen MR) is 275 cm³/mol. The quantitative estimate of drug-likeness (QED) is 0.0265. The van der Waals surface area contributed by atoms with Gasteiger partial charge in [-0.15, -0.1) is 0 Å². The van der Waals surface area contributed by atoms with Crippen molar-refractivity contribution in [3.05, 3.63) is 85.1 Å². The zero-order valence-electron chi connectivity index (χ0n) is 41.4. The minimum absolute atomic E-state index is 0.0498. The monoisotopic (exact) mass is 930 g/mol. The molecule has 0 aliphatic rings. The van der Waals surface area contributed by atoms with Crippen molar-refractivity contribution in [3.63, 3.8) is 0 Å². The average molecular weight is 930 g/mol. The van der Waals surface area contributed by atoms with E-state index in [-0.39, 0.29) is 32.6 Å². The molecule has 0 aliphatic heterocycles. The summed E-state index contributed by atoms with van der Waals surface area (Å²) in [4.78, 5) is 34.9. The molecule has 0 aliphatic carbocycles. The van der Waals surface area contributed by atoms with Gasteiger partial charge in [0.25, 0.3) is 0 Å². The lowest BCUT2D eigenvalue weighted by Crippen LogP contribution is -2.29. The van der Waals surface area contributed by atoms with Gasteiger partial charge in [0.2, 0.25) is 0 Å². The lowest BCUT2D eigenvalue weighted by atomic mass is 10.0. The highest BCUT2D eigenvalue weighted by Gasteiger charge is 2.26. The van der Waals surface area contributed by atoms with E-state index in [2.05, 4.69) is 98.9 Å². The summed E-state index contributed by atoms with van der Waals surface area (Å²) in [6.45, 7) is 3.57. The van der Waals surface area contributed by atoms with E-state index in [1.165, 1.54) is 83.5 Å². The van der Waals surface area contributed by atoms with Crippen LogP contribution in [0.15, 0.2) is 85.1 Å². The van der Waals surface area contributed by atoms with Gasteiger partial charge in [0, 0.05) is 19.4 Å². The van der Waals surface area contributed by atoms with Crippen LogP contribution in [0.3, 0.4) is 0 Å². The fourth-order valence-electron chi connectivity index (χ4n) is 6.91. The van der Waals surface area contributed by atoms with Crippen LogP contribution in [-0.4, -0.2) is 49.3 Å². The van der Waals surface area contributed by atoms with Gasteiger partial charge in [-0.3, -0.25) is 18.6 Å². The van der Waals surface area contributed by atoms with Crippen molar-refractivity contribution in [1.29, 1.82) is 0 Å². The molecule has 2 unspecified atom stereocenters. The van der Waals surface area contributed by atoms with Crippen molar-refractivity contribution in [1.82, 2.24) is 0 Å². The molecular formula is C55H96NO8P. The van der Waals surface area contributed by atoms with Gasteiger partial charge in [0.05, 0.1) is 13.2 Å². The molecule has 0 bridgehead atoms. The van der Waals surface area contributed by atoms with Crippen molar-refractivity contribution in [3.8, 4) is 0 Å². The number of carbonyl (C=O) groups is 2. The van der Waals surface area contributed by atoms with Crippen LogP contribution < -0.4 is 5.73 Å². The molecule has 0 amide bonds. The largest absolute Gasteiger partial charge is 0.472 e. The molecular weight excluding hydrogens is 834 g/mol. The Balaban J connectivity index is 3.92. The van der Waals surface area contributed by atoms with Crippen LogP contribution in [0.5, 0.6) is 0 Å². The Bertz CT molecular complexity index is 1340. The molecule has 0 saturated heterocycles. The van der Waals surface area contributed by atoms with Gasteiger partial charge in [-0.25, -0.2) is 4.57 Å². The summed E-state index contributed by atoms with van der Waals surface area (Å²) in [6, 6.07) is 0. The first-order chi connectivity index (χ1) is 31.8. The maximum absolute atomic E-state index is 12.6. The van der Waals surface area contributed by atoms with Gasteiger partial charge in [-0.2, -0.15) is 0 Å². The van der Waals surface area contributed by atoms with Gasteiger partial charge in [-0.05, 0) is 83.5 Å². The van der Waals surface area contributed by atoms with E-state index in [9.17, 15) is 19.0 Å². The van der Waals surface area contributed by atoms with E-state index in [0.29, 0.717) is 6.42 Å². The predicted octanol–water partition coefficient (Wildman–Crippen LogP) is 16.0. The van der Waals surface area contributed by atoms with Gasteiger partial charge in [0.15, 0.2) is 6.10 Å². The van der Waals surface area contributed by atoms with Crippen LogP contribution in [0.1, 0.15) is 219 Å². The molecule has 0 saturated carbocycles. The topological polar surface area (TPSA) is 134 Å². The molecule has 0 heterocycles. The molecule has 3 N–H and O–H groups in total. The summed E-state index contributed by atoms with van der Waals surface area (Å²) >= 11 is 0. The first kappa shape index (κ1) is 62.2. The molecule has 0 spiro atoms. The van der Waals surface area contributed by atoms with Crippen molar-refractivity contribution in [2.24, 2.45) is 5.73 Å². The van der Waals surface area contributed by atoms with Crippen molar-refractivity contribution in [2.45, 2.75) is 225 Å². The fourth-order valence-corrected chi connectivity index (χ4v) is 7.68.